The number of carbonyl (C=O) groups is 1. The van der Waals surface area contributed by atoms with Crippen molar-refractivity contribution in [3.63, 3.8) is 0 Å². The average Bonchev–Trinajstić information content (AvgIpc) is 2.03. The van der Waals surface area contributed by atoms with E-state index in [1.165, 1.54) is 0 Å². The molecule has 70 valence electrons. The molecule has 0 rings (SSSR count). The second-order valence-electron chi connectivity index (χ2n) is 3.10. The summed E-state index contributed by atoms with van der Waals surface area (Å²) in [4.78, 5) is 10.6. The summed E-state index contributed by atoms with van der Waals surface area (Å²) in [5.74, 6) is -0.667. The first kappa shape index (κ1) is 11.2. The van der Waals surface area contributed by atoms with Crippen molar-refractivity contribution in [2.75, 3.05) is 0 Å². The molecule has 0 unspecified atom stereocenters. The smallest absolute Gasteiger partial charge is 0.331 e. The van der Waals surface area contributed by atoms with E-state index in [4.69, 9.17) is 5.11 Å². The average molecular weight is 170 g/mol. The molecule has 0 fully saturated rings. The summed E-state index contributed by atoms with van der Waals surface area (Å²) in [6.07, 6.45) is 3.94. The quantitative estimate of drug-likeness (QED) is 0.622. The second kappa shape index (κ2) is 5.81. The van der Waals surface area contributed by atoms with E-state index in [1.807, 2.05) is 0 Å². The zero-order chi connectivity index (χ0) is 9.56. The van der Waals surface area contributed by atoms with Crippen LogP contribution in [-0.2, 0) is 4.79 Å². The summed E-state index contributed by atoms with van der Waals surface area (Å²) in [6.45, 7) is 7.73. The third-order valence-electron chi connectivity index (χ3n) is 2.04. The maximum Gasteiger partial charge on any atom is 0.331 e. The minimum absolute atomic E-state index is 0.178. The van der Waals surface area contributed by atoms with Crippen molar-refractivity contribution >= 4 is 5.97 Å². The van der Waals surface area contributed by atoms with Crippen LogP contribution in [0, 0.1) is 5.92 Å². The Kier molecular flexibility index (Phi) is 5.43. The third kappa shape index (κ3) is 3.56. The molecular formula is C10H18O2. The van der Waals surface area contributed by atoms with E-state index in [0.29, 0.717) is 5.57 Å². The molecule has 0 saturated heterocycles. The topological polar surface area (TPSA) is 37.3 Å². The van der Waals surface area contributed by atoms with Gasteiger partial charge in [0.2, 0.25) is 0 Å². The molecule has 0 aliphatic rings. The van der Waals surface area contributed by atoms with Crippen molar-refractivity contribution in [3.8, 4) is 0 Å². The van der Waals surface area contributed by atoms with E-state index in [2.05, 4.69) is 20.4 Å². The van der Waals surface area contributed by atoms with Gasteiger partial charge in [-0.05, 0) is 18.8 Å². The van der Waals surface area contributed by atoms with Gasteiger partial charge >= 0.3 is 5.97 Å². The minimum Gasteiger partial charge on any atom is -0.478 e. The van der Waals surface area contributed by atoms with Crippen LogP contribution >= 0.6 is 0 Å². The molecule has 0 aromatic carbocycles. The fourth-order valence-electron chi connectivity index (χ4n) is 1.36. The Hall–Kier alpha value is -0.790. The van der Waals surface area contributed by atoms with Crippen LogP contribution in [0.4, 0.5) is 0 Å². The Labute approximate surface area is 74.3 Å². The van der Waals surface area contributed by atoms with Crippen LogP contribution in [-0.4, -0.2) is 11.1 Å². The fraction of sp³-hybridized carbons (Fsp3) is 0.700. The van der Waals surface area contributed by atoms with Gasteiger partial charge in [0, 0.05) is 5.57 Å². The fourth-order valence-corrected chi connectivity index (χ4v) is 1.36. The number of rotatable bonds is 6. The van der Waals surface area contributed by atoms with Crippen LogP contribution in [0.15, 0.2) is 12.2 Å². The molecule has 0 saturated carbocycles. The molecule has 2 heteroatoms. The molecule has 0 aromatic rings. The van der Waals surface area contributed by atoms with Gasteiger partial charge in [-0.1, -0.05) is 33.3 Å². The molecular weight excluding hydrogens is 152 g/mol. The number of carboxylic acid groups (broad SMARTS) is 1. The number of aliphatic carboxylic acids is 1. The van der Waals surface area contributed by atoms with Crippen LogP contribution in [0.3, 0.4) is 0 Å². The first-order valence-electron chi connectivity index (χ1n) is 4.55. The third-order valence-corrected chi connectivity index (χ3v) is 2.04. The van der Waals surface area contributed by atoms with Crippen LogP contribution in [0.5, 0.6) is 0 Å². The van der Waals surface area contributed by atoms with Crippen LogP contribution in [0.2, 0.25) is 0 Å². The van der Waals surface area contributed by atoms with E-state index in [0.717, 1.165) is 25.7 Å². The van der Waals surface area contributed by atoms with Crippen molar-refractivity contribution < 1.29 is 9.90 Å². The summed E-state index contributed by atoms with van der Waals surface area (Å²) in [5.41, 5.74) is 0.374. The molecule has 1 N–H and O–H groups in total. The minimum atomic E-state index is -0.845. The largest absolute Gasteiger partial charge is 0.478 e. The van der Waals surface area contributed by atoms with E-state index in [-0.39, 0.29) is 5.92 Å². The number of hydrogen-bond acceptors (Lipinski definition) is 1. The highest BCUT2D eigenvalue weighted by molar-refractivity contribution is 5.86. The van der Waals surface area contributed by atoms with Crippen LogP contribution < -0.4 is 0 Å². The highest BCUT2D eigenvalue weighted by Crippen LogP contribution is 2.21. The molecule has 12 heavy (non-hydrogen) atoms. The van der Waals surface area contributed by atoms with E-state index >= 15 is 0 Å². The molecule has 0 atom stereocenters. The highest BCUT2D eigenvalue weighted by atomic mass is 16.4. The monoisotopic (exact) mass is 170 g/mol. The zero-order valence-corrected chi connectivity index (χ0v) is 7.97. The van der Waals surface area contributed by atoms with Gasteiger partial charge in [0.05, 0.1) is 0 Å². The van der Waals surface area contributed by atoms with Gasteiger partial charge in [-0.3, -0.25) is 0 Å². The molecule has 0 amide bonds. The lowest BCUT2D eigenvalue weighted by Gasteiger charge is -2.14. The number of hydrogen-bond donors (Lipinski definition) is 1. The zero-order valence-electron chi connectivity index (χ0n) is 7.97. The van der Waals surface area contributed by atoms with E-state index < -0.39 is 5.97 Å². The maximum atomic E-state index is 10.6. The van der Waals surface area contributed by atoms with Crippen molar-refractivity contribution in [2.24, 2.45) is 5.92 Å². The van der Waals surface area contributed by atoms with Crippen molar-refractivity contribution in [1.29, 1.82) is 0 Å². The molecule has 0 bridgehead atoms. The molecule has 0 aliphatic heterocycles. The molecule has 0 aliphatic carbocycles. The normalized spacial score (nSPS) is 10.2. The van der Waals surface area contributed by atoms with Gasteiger partial charge in [0.25, 0.3) is 0 Å². The van der Waals surface area contributed by atoms with Gasteiger partial charge < -0.3 is 5.11 Å². The molecule has 0 radical (unpaired) electrons. The molecule has 0 spiro atoms. The lowest BCUT2D eigenvalue weighted by atomic mass is 9.91. The van der Waals surface area contributed by atoms with Gasteiger partial charge in [0.15, 0.2) is 0 Å². The predicted molar refractivity (Wildman–Crippen MR) is 50.1 cm³/mol. The van der Waals surface area contributed by atoms with E-state index in [1.54, 1.807) is 0 Å². The first-order valence-corrected chi connectivity index (χ1v) is 4.55. The summed E-state index contributed by atoms with van der Waals surface area (Å²) < 4.78 is 0. The van der Waals surface area contributed by atoms with Gasteiger partial charge in [0.1, 0.15) is 0 Å². The Morgan fingerprint density at radius 3 is 2.00 bits per heavy atom. The maximum absolute atomic E-state index is 10.6. The summed E-state index contributed by atoms with van der Waals surface area (Å²) in [6, 6.07) is 0. The SMILES string of the molecule is C=C(C(=O)O)C(CCC)CCC. The first-order chi connectivity index (χ1) is 5.63. The van der Waals surface area contributed by atoms with Gasteiger partial charge in [-0.2, -0.15) is 0 Å². The lowest BCUT2D eigenvalue weighted by molar-refractivity contribution is -0.133. The summed E-state index contributed by atoms with van der Waals surface area (Å²) >= 11 is 0. The second-order valence-corrected chi connectivity index (χ2v) is 3.10. The standard InChI is InChI=1S/C10H18O2/c1-4-6-9(7-5-2)8(3)10(11)12/h9H,3-7H2,1-2H3,(H,11,12). The van der Waals surface area contributed by atoms with Crippen molar-refractivity contribution in [3.05, 3.63) is 12.2 Å². The van der Waals surface area contributed by atoms with Crippen LogP contribution in [0.1, 0.15) is 39.5 Å². The lowest BCUT2D eigenvalue weighted by Crippen LogP contribution is -2.11. The number of carboxylic acids is 1. The highest BCUT2D eigenvalue weighted by Gasteiger charge is 2.15. The van der Waals surface area contributed by atoms with Crippen molar-refractivity contribution in [1.82, 2.24) is 0 Å². The molecule has 0 aromatic heterocycles. The Balaban J connectivity index is 4.08. The molecule has 0 heterocycles. The van der Waals surface area contributed by atoms with Crippen LogP contribution in [0.25, 0.3) is 0 Å². The van der Waals surface area contributed by atoms with Gasteiger partial charge in [-0.25, -0.2) is 4.79 Å². The Morgan fingerprint density at radius 2 is 1.75 bits per heavy atom. The summed E-state index contributed by atoms with van der Waals surface area (Å²) in [7, 11) is 0. The summed E-state index contributed by atoms with van der Waals surface area (Å²) in [5, 5.41) is 8.71. The predicted octanol–water partition coefficient (Wildman–Crippen LogP) is 2.84. The van der Waals surface area contributed by atoms with Gasteiger partial charge in [-0.15, -0.1) is 0 Å². The van der Waals surface area contributed by atoms with Crippen molar-refractivity contribution in [2.45, 2.75) is 39.5 Å². The Bertz CT molecular complexity index is 155. The Morgan fingerprint density at radius 1 is 1.33 bits per heavy atom. The molecule has 2 nitrogen and oxygen atoms in total. The van der Waals surface area contributed by atoms with E-state index in [9.17, 15) is 4.79 Å².